The van der Waals surface area contributed by atoms with Gasteiger partial charge in [0.15, 0.2) is 0 Å². The van der Waals surface area contributed by atoms with Crippen molar-refractivity contribution in [3.05, 3.63) is 0 Å². The monoisotopic (exact) mass is 164 g/mol. The second-order valence-corrected chi connectivity index (χ2v) is 3.44. The minimum Gasteiger partial charge on any atom is -0.480 e. The smallest absolute Gasteiger partial charge is 0.316 e. The quantitative estimate of drug-likeness (QED) is 0.466. The highest BCUT2D eigenvalue weighted by Crippen LogP contribution is 2.33. The highest BCUT2D eigenvalue weighted by atomic mass is 32.2. The Morgan fingerprint density at radius 2 is 2.30 bits per heavy atom. The number of carboxylic acid groups (broad SMARTS) is 1. The summed E-state index contributed by atoms with van der Waals surface area (Å²) in [6, 6.07) is 0. The van der Waals surface area contributed by atoms with Gasteiger partial charge in [0.05, 0.1) is 0 Å². The van der Waals surface area contributed by atoms with Gasteiger partial charge >= 0.3 is 5.97 Å². The Balaban J connectivity index is 2.35. The molecule has 0 aliphatic carbocycles. The number of hydrogen-bond donors (Lipinski definition) is 2. The van der Waals surface area contributed by atoms with Crippen molar-refractivity contribution in [1.29, 1.82) is 0 Å². The van der Waals surface area contributed by atoms with Gasteiger partial charge in [-0.05, 0) is 12.8 Å². The Labute approximate surface area is 62.1 Å². The van der Waals surface area contributed by atoms with Gasteiger partial charge in [0.25, 0.3) is 0 Å². The fourth-order valence-corrected chi connectivity index (χ4v) is 1.94. The van der Waals surface area contributed by atoms with E-state index in [0.717, 1.165) is 11.8 Å². The summed E-state index contributed by atoms with van der Waals surface area (Å²) in [5.74, 6) is -0.829. The lowest BCUT2D eigenvalue weighted by Crippen LogP contribution is -2.12. The lowest BCUT2D eigenvalue weighted by molar-refractivity contribution is -0.253. The van der Waals surface area contributed by atoms with Crippen LogP contribution in [0.4, 0.5) is 0 Å². The van der Waals surface area contributed by atoms with E-state index in [4.69, 9.17) is 10.4 Å². The van der Waals surface area contributed by atoms with Gasteiger partial charge in [-0.1, -0.05) is 0 Å². The highest BCUT2D eigenvalue weighted by Gasteiger charge is 2.31. The first-order valence-corrected chi connectivity index (χ1v) is 3.87. The van der Waals surface area contributed by atoms with Crippen LogP contribution < -0.4 is 0 Å². The summed E-state index contributed by atoms with van der Waals surface area (Å²) in [5, 5.41) is 16.2. The summed E-state index contributed by atoms with van der Waals surface area (Å²) in [7, 11) is 0. The van der Waals surface area contributed by atoms with E-state index < -0.39 is 11.2 Å². The van der Waals surface area contributed by atoms with E-state index in [1.807, 2.05) is 0 Å². The molecule has 1 aliphatic rings. The normalized spacial score (nSPS) is 32.5. The van der Waals surface area contributed by atoms with Crippen molar-refractivity contribution in [3.63, 3.8) is 0 Å². The van der Waals surface area contributed by atoms with Gasteiger partial charge in [-0.25, -0.2) is 4.89 Å². The molecule has 1 heterocycles. The van der Waals surface area contributed by atoms with E-state index >= 15 is 0 Å². The predicted molar refractivity (Wildman–Crippen MR) is 35.8 cm³/mol. The van der Waals surface area contributed by atoms with E-state index in [1.165, 1.54) is 0 Å². The van der Waals surface area contributed by atoms with Crippen molar-refractivity contribution in [2.24, 2.45) is 0 Å². The van der Waals surface area contributed by atoms with Crippen LogP contribution in [0.1, 0.15) is 12.8 Å². The fourth-order valence-electron chi connectivity index (χ4n) is 0.866. The maximum Gasteiger partial charge on any atom is 0.316 e. The summed E-state index contributed by atoms with van der Waals surface area (Å²) < 4.78 is 0. The molecule has 2 unspecified atom stereocenters. The molecule has 58 valence electrons. The van der Waals surface area contributed by atoms with Crippen molar-refractivity contribution >= 4 is 17.7 Å². The van der Waals surface area contributed by atoms with Crippen molar-refractivity contribution < 1.29 is 20.0 Å². The number of thioether (sulfide) groups is 1. The van der Waals surface area contributed by atoms with E-state index in [1.54, 1.807) is 0 Å². The molecule has 5 heteroatoms. The van der Waals surface area contributed by atoms with Gasteiger partial charge in [-0.2, -0.15) is 0 Å². The first-order chi connectivity index (χ1) is 4.74. The average Bonchev–Trinajstić information content (AvgIpc) is 2.34. The van der Waals surface area contributed by atoms with Crippen LogP contribution in [0.3, 0.4) is 0 Å². The Morgan fingerprint density at radius 1 is 1.60 bits per heavy atom. The standard InChI is InChI=1S/C5H8O4S/c6-5(7)3-1-2-4(9-8)10-3/h3-4,8H,1-2H2,(H,6,7). The first-order valence-electron chi connectivity index (χ1n) is 2.92. The van der Waals surface area contributed by atoms with E-state index in [-0.39, 0.29) is 5.44 Å². The predicted octanol–water partition coefficient (Wildman–Crippen LogP) is 0.782. The summed E-state index contributed by atoms with van der Waals surface area (Å²) in [4.78, 5) is 14.3. The SMILES string of the molecule is O=C(O)C1CCC(OO)S1. The zero-order valence-corrected chi connectivity index (χ0v) is 6.00. The van der Waals surface area contributed by atoms with E-state index in [0.29, 0.717) is 12.8 Å². The summed E-state index contributed by atoms with van der Waals surface area (Å²) >= 11 is 1.15. The molecule has 0 bridgehead atoms. The molecule has 0 saturated carbocycles. The summed E-state index contributed by atoms with van der Waals surface area (Å²) in [6.45, 7) is 0. The molecule has 0 spiro atoms. The van der Waals surface area contributed by atoms with Gasteiger partial charge in [-0.15, -0.1) is 11.8 Å². The lowest BCUT2D eigenvalue weighted by atomic mass is 10.2. The van der Waals surface area contributed by atoms with Crippen LogP contribution in [0.15, 0.2) is 0 Å². The van der Waals surface area contributed by atoms with Crippen LogP contribution in [-0.4, -0.2) is 27.0 Å². The van der Waals surface area contributed by atoms with Crippen LogP contribution in [0.5, 0.6) is 0 Å². The molecular weight excluding hydrogens is 156 g/mol. The molecule has 0 radical (unpaired) electrons. The molecule has 0 amide bonds. The molecule has 2 atom stereocenters. The Hall–Kier alpha value is -0.260. The minimum atomic E-state index is -0.829. The Kier molecular flexibility index (Phi) is 2.53. The largest absolute Gasteiger partial charge is 0.480 e. The van der Waals surface area contributed by atoms with Gasteiger partial charge in [0, 0.05) is 0 Å². The molecule has 0 aromatic heterocycles. The number of hydrogen-bond acceptors (Lipinski definition) is 4. The molecule has 1 fully saturated rings. The number of carbonyl (C=O) groups is 1. The maximum atomic E-state index is 10.3. The fraction of sp³-hybridized carbons (Fsp3) is 0.800. The lowest BCUT2D eigenvalue weighted by Gasteiger charge is -2.02. The molecule has 4 nitrogen and oxygen atoms in total. The average molecular weight is 164 g/mol. The topological polar surface area (TPSA) is 66.8 Å². The highest BCUT2D eigenvalue weighted by molar-refractivity contribution is 8.01. The second-order valence-electron chi connectivity index (χ2n) is 2.08. The van der Waals surface area contributed by atoms with Crippen molar-refractivity contribution in [3.8, 4) is 0 Å². The number of rotatable bonds is 2. The molecular formula is C5H8O4S. The zero-order valence-electron chi connectivity index (χ0n) is 5.19. The van der Waals surface area contributed by atoms with Gasteiger partial charge in [-0.3, -0.25) is 10.1 Å². The van der Waals surface area contributed by atoms with Crippen molar-refractivity contribution in [1.82, 2.24) is 0 Å². The molecule has 2 N–H and O–H groups in total. The molecule has 1 aliphatic heterocycles. The van der Waals surface area contributed by atoms with Gasteiger partial charge in [0.1, 0.15) is 10.7 Å². The number of aliphatic carboxylic acids is 1. The minimum absolute atomic E-state index is 0.346. The first kappa shape index (κ1) is 7.84. The molecule has 0 aromatic carbocycles. The summed E-state index contributed by atoms with van der Waals surface area (Å²) in [6.07, 6.45) is 1.18. The van der Waals surface area contributed by atoms with Crippen molar-refractivity contribution in [2.75, 3.05) is 0 Å². The van der Waals surface area contributed by atoms with Gasteiger partial charge in [0.2, 0.25) is 0 Å². The van der Waals surface area contributed by atoms with Crippen LogP contribution in [0.2, 0.25) is 0 Å². The van der Waals surface area contributed by atoms with Crippen LogP contribution in [-0.2, 0) is 9.68 Å². The molecule has 0 aromatic rings. The van der Waals surface area contributed by atoms with Gasteiger partial charge < -0.3 is 5.11 Å². The zero-order chi connectivity index (χ0) is 7.56. The molecule has 1 saturated heterocycles. The third-order valence-corrected chi connectivity index (χ3v) is 2.76. The van der Waals surface area contributed by atoms with Crippen molar-refractivity contribution in [2.45, 2.75) is 23.5 Å². The third kappa shape index (κ3) is 1.62. The summed E-state index contributed by atoms with van der Waals surface area (Å²) in [5.41, 5.74) is -0.346. The second kappa shape index (κ2) is 3.23. The van der Waals surface area contributed by atoms with Crippen LogP contribution in [0, 0.1) is 0 Å². The van der Waals surface area contributed by atoms with Crippen LogP contribution in [0.25, 0.3) is 0 Å². The van der Waals surface area contributed by atoms with E-state index in [9.17, 15) is 4.79 Å². The Bertz CT molecular complexity index is 138. The van der Waals surface area contributed by atoms with Crippen LogP contribution >= 0.6 is 11.8 Å². The molecule has 10 heavy (non-hydrogen) atoms. The van der Waals surface area contributed by atoms with E-state index in [2.05, 4.69) is 4.89 Å². The maximum absolute atomic E-state index is 10.3. The Morgan fingerprint density at radius 3 is 2.60 bits per heavy atom. The number of carboxylic acids is 1. The molecule has 1 rings (SSSR count). The third-order valence-electron chi connectivity index (χ3n) is 1.37.